The van der Waals surface area contributed by atoms with Crippen LogP contribution in [-0.2, 0) is 6.42 Å². The average molecular weight is 393 g/mol. The van der Waals surface area contributed by atoms with Gasteiger partial charge in [-0.2, -0.15) is 0 Å². The predicted molar refractivity (Wildman–Crippen MR) is 114 cm³/mol. The van der Waals surface area contributed by atoms with Crippen LogP contribution in [0.3, 0.4) is 0 Å². The van der Waals surface area contributed by atoms with Gasteiger partial charge in [0.05, 0.1) is 0 Å². The van der Waals surface area contributed by atoms with Gasteiger partial charge in [-0.05, 0) is 79.9 Å². The Kier molecular flexibility index (Phi) is 7.53. The summed E-state index contributed by atoms with van der Waals surface area (Å²) in [6, 6.07) is 4.40. The molecule has 2 aliphatic carbocycles. The third kappa shape index (κ3) is 5.22. The summed E-state index contributed by atoms with van der Waals surface area (Å²) in [6.45, 7) is 4.87. The zero-order valence-electron chi connectivity index (χ0n) is 17.4. The maximum atomic E-state index is 13.4. The van der Waals surface area contributed by atoms with Gasteiger partial charge in [0.15, 0.2) is 11.6 Å². The third-order valence-electron chi connectivity index (χ3n) is 7.96. The highest BCUT2D eigenvalue weighted by atomic mass is 28.2. The minimum Gasteiger partial charge on any atom is -0.204 e. The van der Waals surface area contributed by atoms with Gasteiger partial charge >= 0.3 is 0 Å². The van der Waals surface area contributed by atoms with Gasteiger partial charge in [0.25, 0.3) is 0 Å². The van der Waals surface area contributed by atoms with Gasteiger partial charge in [-0.1, -0.05) is 57.2 Å². The number of rotatable bonds is 7. The first-order chi connectivity index (χ1) is 13.1. The van der Waals surface area contributed by atoms with Gasteiger partial charge in [0.2, 0.25) is 0 Å². The van der Waals surface area contributed by atoms with Crippen molar-refractivity contribution in [1.29, 1.82) is 0 Å². The molecule has 0 aliphatic heterocycles. The van der Waals surface area contributed by atoms with E-state index in [1.807, 2.05) is 0 Å². The van der Waals surface area contributed by atoms with Crippen molar-refractivity contribution in [3.63, 3.8) is 0 Å². The van der Waals surface area contributed by atoms with Crippen molar-refractivity contribution in [2.75, 3.05) is 0 Å². The molecule has 1 aromatic rings. The number of hydrogen-bond donors (Lipinski definition) is 0. The van der Waals surface area contributed by atoms with Crippen molar-refractivity contribution in [2.45, 2.75) is 96.1 Å². The Morgan fingerprint density at radius 3 is 2.30 bits per heavy atom. The van der Waals surface area contributed by atoms with Gasteiger partial charge in [-0.25, -0.2) is 8.78 Å². The SMILES string of the molecule is CCC[C@]1(C2CCC(CCc3ccc(F)c(F)c3)CC2)CC[C@H]([SiH2]C)CC1. The molecule has 0 nitrogen and oxygen atoms in total. The van der Waals surface area contributed by atoms with E-state index in [0.29, 0.717) is 5.41 Å². The molecular weight excluding hydrogens is 354 g/mol. The lowest BCUT2D eigenvalue weighted by atomic mass is 9.58. The lowest BCUT2D eigenvalue weighted by Gasteiger charge is -2.48. The summed E-state index contributed by atoms with van der Waals surface area (Å²) in [5.74, 6) is 0.272. The van der Waals surface area contributed by atoms with E-state index in [-0.39, 0.29) is 9.52 Å². The Morgan fingerprint density at radius 2 is 1.70 bits per heavy atom. The second-order valence-electron chi connectivity index (χ2n) is 9.47. The Bertz CT molecular complexity index is 584. The van der Waals surface area contributed by atoms with E-state index >= 15 is 0 Å². The van der Waals surface area contributed by atoms with Crippen LogP contribution in [0, 0.1) is 28.9 Å². The zero-order chi connectivity index (χ0) is 19.3. The number of hydrogen-bond acceptors (Lipinski definition) is 0. The molecule has 0 N–H and O–H groups in total. The fraction of sp³-hybridized carbons (Fsp3) is 0.750. The predicted octanol–water partition coefficient (Wildman–Crippen LogP) is 7.07. The van der Waals surface area contributed by atoms with E-state index in [9.17, 15) is 8.78 Å². The van der Waals surface area contributed by atoms with E-state index in [1.165, 1.54) is 76.3 Å². The second kappa shape index (κ2) is 9.67. The molecule has 3 heteroatoms. The molecule has 0 amide bonds. The van der Waals surface area contributed by atoms with E-state index in [4.69, 9.17) is 0 Å². The maximum absolute atomic E-state index is 13.4. The zero-order valence-corrected chi connectivity index (χ0v) is 18.8. The highest BCUT2D eigenvalue weighted by Crippen LogP contribution is 2.54. The van der Waals surface area contributed by atoms with E-state index in [0.717, 1.165) is 35.8 Å². The monoisotopic (exact) mass is 392 g/mol. The molecule has 0 radical (unpaired) electrons. The van der Waals surface area contributed by atoms with Crippen molar-refractivity contribution in [3.05, 3.63) is 35.4 Å². The topological polar surface area (TPSA) is 0 Å². The van der Waals surface area contributed by atoms with Gasteiger partial charge in [0.1, 0.15) is 0 Å². The molecule has 3 rings (SSSR count). The summed E-state index contributed by atoms with van der Waals surface area (Å²) in [6.07, 6.45) is 16.3. The van der Waals surface area contributed by atoms with Crippen molar-refractivity contribution < 1.29 is 8.78 Å². The normalized spacial score (nSPS) is 32.2. The minimum atomic E-state index is -0.735. The maximum Gasteiger partial charge on any atom is 0.159 e. The standard InChI is InChI=1S/C24H38F2Si/c1-3-14-24(15-12-21(27-2)13-16-24)20-9-6-18(7-10-20)4-5-19-8-11-22(25)23(26)17-19/h8,11,17-18,20-21H,3-7,9-10,12-16,27H2,1-2H3/t18?,20?,21-,24-. The van der Waals surface area contributed by atoms with Crippen LogP contribution in [0.4, 0.5) is 8.78 Å². The molecular formula is C24H38F2Si. The molecule has 0 heterocycles. The Morgan fingerprint density at radius 1 is 1.00 bits per heavy atom. The van der Waals surface area contributed by atoms with E-state index < -0.39 is 11.6 Å². The Labute approximate surface area is 167 Å². The molecule has 0 bridgehead atoms. The Balaban J connectivity index is 1.50. The fourth-order valence-electron chi connectivity index (χ4n) is 6.15. The van der Waals surface area contributed by atoms with Crippen molar-refractivity contribution >= 4 is 9.52 Å². The number of aryl methyl sites for hydroxylation is 1. The van der Waals surface area contributed by atoms with Crippen LogP contribution in [0.5, 0.6) is 0 Å². The molecule has 2 fully saturated rings. The van der Waals surface area contributed by atoms with E-state index in [2.05, 4.69) is 13.5 Å². The molecule has 1 aromatic carbocycles. The van der Waals surface area contributed by atoms with E-state index in [1.54, 1.807) is 6.07 Å². The van der Waals surface area contributed by atoms with Gasteiger partial charge < -0.3 is 0 Å². The molecule has 27 heavy (non-hydrogen) atoms. The van der Waals surface area contributed by atoms with Crippen LogP contribution in [0.25, 0.3) is 0 Å². The third-order valence-corrected chi connectivity index (χ3v) is 9.94. The summed E-state index contributed by atoms with van der Waals surface area (Å²) >= 11 is 0. The lowest BCUT2D eigenvalue weighted by molar-refractivity contribution is 0.0445. The molecule has 2 saturated carbocycles. The summed E-state index contributed by atoms with van der Waals surface area (Å²) in [7, 11) is 0.180. The largest absolute Gasteiger partial charge is 0.204 e. The summed E-state index contributed by atoms with van der Waals surface area (Å²) in [4.78, 5) is 0. The van der Waals surface area contributed by atoms with Crippen LogP contribution in [-0.4, -0.2) is 9.52 Å². The Hall–Kier alpha value is -0.703. The molecule has 0 unspecified atom stereocenters. The molecule has 0 spiro atoms. The first-order valence-electron chi connectivity index (χ1n) is 11.5. The van der Waals surface area contributed by atoms with Gasteiger partial charge in [0, 0.05) is 9.52 Å². The molecule has 0 saturated heterocycles. The van der Waals surface area contributed by atoms with Crippen LogP contribution < -0.4 is 0 Å². The van der Waals surface area contributed by atoms with Crippen LogP contribution in [0.2, 0.25) is 12.1 Å². The highest BCUT2D eigenvalue weighted by molar-refractivity contribution is 6.35. The van der Waals surface area contributed by atoms with Crippen LogP contribution in [0.1, 0.15) is 83.1 Å². The average Bonchev–Trinajstić information content (AvgIpc) is 2.70. The molecule has 2 aliphatic rings. The highest BCUT2D eigenvalue weighted by Gasteiger charge is 2.41. The van der Waals surface area contributed by atoms with Crippen molar-refractivity contribution in [3.8, 4) is 0 Å². The van der Waals surface area contributed by atoms with Crippen molar-refractivity contribution in [1.82, 2.24) is 0 Å². The number of benzene rings is 1. The summed E-state index contributed by atoms with van der Waals surface area (Å²) in [5.41, 5.74) is 2.71. The smallest absolute Gasteiger partial charge is 0.159 e. The summed E-state index contributed by atoms with van der Waals surface area (Å²) in [5, 5.41) is 0. The second-order valence-corrected chi connectivity index (χ2v) is 11.4. The molecule has 152 valence electrons. The van der Waals surface area contributed by atoms with Gasteiger partial charge in [-0.15, -0.1) is 0 Å². The minimum absolute atomic E-state index is 0.180. The fourth-order valence-corrected chi connectivity index (χ4v) is 7.38. The molecule has 0 aromatic heterocycles. The van der Waals surface area contributed by atoms with Crippen LogP contribution in [0.15, 0.2) is 18.2 Å². The molecule has 0 atom stereocenters. The first kappa shape index (κ1) is 21.0. The first-order valence-corrected chi connectivity index (χ1v) is 13.7. The van der Waals surface area contributed by atoms with Crippen LogP contribution >= 0.6 is 0 Å². The number of halogens is 2. The quantitative estimate of drug-likeness (QED) is 0.435. The van der Waals surface area contributed by atoms with Gasteiger partial charge in [-0.3, -0.25) is 0 Å². The summed E-state index contributed by atoms with van der Waals surface area (Å²) < 4.78 is 26.5. The van der Waals surface area contributed by atoms with Crippen molar-refractivity contribution in [2.24, 2.45) is 17.3 Å². The lowest BCUT2D eigenvalue weighted by Crippen LogP contribution is -2.37.